The summed E-state index contributed by atoms with van der Waals surface area (Å²) in [5.74, 6) is 0.0760. The molecule has 2 nitrogen and oxygen atoms in total. The lowest BCUT2D eigenvalue weighted by Gasteiger charge is -2.07. The van der Waals surface area contributed by atoms with E-state index in [0.29, 0.717) is 22.3 Å². The van der Waals surface area contributed by atoms with E-state index < -0.39 is 0 Å². The molecule has 0 amide bonds. The van der Waals surface area contributed by atoms with Crippen molar-refractivity contribution >= 4 is 46.9 Å². The summed E-state index contributed by atoms with van der Waals surface area (Å²) in [7, 11) is 0. The topological polar surface area (TPSA) is 34.1 Å². The van der Waals surface area contributed by atoms with Gasteiger partial charge in [0, 0.05) is 51.6 Å². The van der Waals surface area contributed by atoms with Crippen molar-refractivity contribution in [2.24, 2.45) is 0 Å². The maximum absolute atomic E-state index is 12.7. The van der Waals surface area contributed by atoms with Crippen LogP contribution in [-0.4, -0.2) is 11.6 Å². The van der Waals surface area contributed by atoms with Crippen molar-refractivity contribution in [1.29, 1.82) is 0 Å². The summed E-state index contributed by atoms with van der Waals surface area (Å²) in [6.45, 7) is 0. The fraction of sp³-hybridized carbons (Fsp3) is 0. The van der Waals surface area contributed by atoms with E-state index in [2.05, 4.69) is 48.5 Å². The molecule has 0 aliphatic carbocycles. The van der Waals surface area contributed by atoms with Crippen molar-refractivity contribution in [2.45, 2.75) is 29.4 Å². The third-order valence-corrected chi connectivity index (χ3v) is 9.71. The standard InChI is InChI=1S/C38H26O2S3/c39-37(27-7-3-1-4-8-27)29-11-15-31(16-12-29)41-33-19-23-35(24-20-33)43-36-25-21-34(22-26-36)42-32-17-13-30(14-18-32)38(40)28-9-5-2-6-10-28/h1-26H. The van der Waals surface area contributed by atoms with Crippen LogP contribution in [0.25, 0.3) is 0 Å². The molecular weight excluding hydrogens is 585 g/mol. The van der Waals surface area contributed by atoms with Crippen LogP contribution >= 0.6 is 35.3 Å². The van der Waals surface area contributed by atoms with Gasteiger partial charge in [0.25, 0.3) is 0 Å². The van der Waals surface area contributed by atoms with E-state index in [1.807, 2.05) is 109 Å². The lowest BCUT2D eigenvalue weighted by molar-refractivity contribution is 0.103. The van der Waals surface area contributed by atoms with Gasteiger partial charge >= 0.3 is 0 Å². The predicted octanol–water partition coefficient (Wildman–Crippen LogP) is 10.6. The van der Waals surface area contributed by atoms with Crippen molar-refractivity contribution in [2.75, 3.05) is 0 Å². The minimum atomic E-state index is 0.0380. The van der Waals surface area contributed by atoms with Gasteiger partial charge in [0.05, 0.1) is 0 Å². The second-order valence-electron chi connectivity index (χ2n) is 9.69. The van der Waals surface area contributed by atoms with Crippen LogP contribution in [-0.2, 0) is 0 Å². The van der Waals surface area contributed by atoms with Crippen molar-refractivity contribution < 1.29 is 9.59 Å². The fourth-order valence-corrected chi connectivity index (χ4v) is 6.87. The lowest BCUT2D eigenvalue weighted by atomic mass is 10.0. The Balaban J connectivity index is 1.02. The van der Waals surface area contributed by atoms with Crippen LogP contribution in [0.1, 0.15) is 31.8 Å². The number of ketones is 2. The van der Waals surface area contributed by atoms with Crippen molar-refractivity contribution in [1.82, 2.24) is 0 Å². The second-order valence-corrected chi connectivity index (χ2v) is 13.1. The number of carbonyl (C=O) groups excluding carboxylic acids is 2. The summed E-state index contributed by atoms with van der Waals surface area (Å²) in [5, 5.41) is 0. The molecule has 5 heteroatoms. The normalized spacial score (nSPS) is 10.8. The van der Waals surface area contributed by atoms with Gasteiger partial charge in [-0.3, -0.25) is 9.59 Å². The molecule has 0 radical (unpaired) electrons. The molecule has 0 fully saturated rings. The van der Waals surface area contributed by atoms with Crippen LogP contribution in [0.3, 0.4) is 0 Å². The first-order chi connectivity index (χ1) is 21.1. The Labute approximate surface area is 264 Å². The van der Waals surface area contributed by atoms with Gasteiger partial charge in [0.1, 0.15) is 0 Å². The Bertz CT molecular complexity index is 1680. The van der Waals surface area contributed by atoms with E-state index in [9.17, 15) is 9.59 Å². The van der Waals surface area contributed by atoms with Gasteiger partial charge in [-0.15, -0.1) is 0 Å². The van der Waals surface area contributed by atoms with Crippen LogP contribution in [0.15, 0.2) is 187 Å². The second kappa shape index (κ2) is 13.8. The van der Waals surface area contributed by atoms with Crippen molar-refractivity contribution in [3.8, 4) is 0 Å². The van der Waals surface area contributed by atoms with E-state index in [-0.39, 0.29) is 11.6 Å². The molecule has 6 aromatic carbocycles. The summed E-state index contributed by atoms with van der Waals surface area (Å²) >= 11 is 5.09. The van der Waals surface area contributed by atoms with E-state index in [1.54, 1.807) is 35.3 Å². The third kappa shape index (κ3) is 7.57. The summed E-state index contributed by atoms with van der Waals surface area (Å²) in [6, 6.07) is 51.4. The fourth-order valence-electron chi connectivity index (χ4n) is 4.42. The third-order valence-electron chi connectivity index (χ3n) is 6.66. The van der Waals surface area contributed by atoms with Gasteiger partial charge in [-0.2, -0.15) is 0 Å². The van der Waals surface area contributed by atoms with Crippen molar-refractivity contribution in [3.63, 3.8) is 0 Å². The Morgan fingerprint density at radius 1 is 0.279 bits per heavy atom. The number of rotatable bonds is 10. The Morgan fingerprint density at radius 3 is 0.744 bits per heavy atom. The maximum Gasteiger partial charge on any atom is 0.193 e. The zero-order valence-electron chi connectivity index (χ0n) is 23.1. The quantitative estimate of drug-likeness (QED) is 0.144. The molecule has 0 aliphatic heterocycles. The van der Waals surface area contributed by atoms with E-state index in [0.717, 1.165) is 19.6 Å². The molecule has 0 unspecified atom stereocenters. The number of hydrogen-bond acceptors (Lipinski definition) is 5. The minimum Gasteiger partial charge on any atom is -0.289 e. The van der Waals surface area contributed by atoms with Gasteiger partial charge in [-0.05, 0) is 97.1 Å². The highest BCUT2D eigenvalue weighted by atomic mass is 32.2. The van der Waals surface area contributed by atoms with E-state index in [1.165, 1.54) is 9.79 Å². The van der Waals surface area contributed by atoms with Gasteiger partial charge in [0.15, 0.2) is 11.6 Å². The molecule has 0 heterocycles. The molecule has 0 saturated carbocycles. The minimum absolute atomic E-state index is 0.0380. The first-order valence-corrected chi connectivity index (χ1v) is 16.2. The molecule has 0 atom stereocenters. The highest BCUT2D eigenvalue weighted by molar-refractivity contribution is 8.00. The predicted molar refractivity (Wildman–Crippen MR) is 178 cm³/mol. The maximum atomic E-state index is 12.7. The molecule has 6 rings (SSSR count). The van der Waals surface area contributed by atoms with Crippen LogP contribution in [0.4, 0.5) is 0 Å². The van der Waals surface area contributed by atoms with Gasteiger partial charge < -0.3 is 0 Å². The molecule has 0 aromatic heterocycles. The van der Waals surface area contributed by atoms with Crippen LogP contribution in [0, 0.1) is 0 Å². The average molecular weight is 611 g/mol. The zero-order valence-corrected chi connectivity index (χ0v) is 25.5. The molecule has 6 aromatic rings. The van der Waals surface area contributed by atoms with Crippen LogP contribution < -0.4 is 0 Å². The summed E-state index contributed by atoms with van der Waals surface area (Å²) in [4.78, 5) is 32.1. The Kier molecular flexibility index (Phi) is 9.24. The molecular formula is C38H26O2S3. The molecule has 0 saturated heterocycles. The lowest BCUT2D eigenvalue weighted by Crippen LogP contribution is -2.00. The van der Waals surface area contributed by atoms with E-state index in [4.69, 9.17) is 0 Å². The van der Waals surface area contributed by atoms with Crippen LogP contribution in [0.2, 0.25) is 0 Å². The van der Waals surface area contributed by atoms with Gasteiger partial charge in [-0.25, -0.2) is 0 Å². The first-order valence-electron chi connectivity index (χ1n) is 13.7. The highest BCUT2D eigenvalue weighted by Gasteiger charge is 2.10. The summed E-state index contributed by atoms with van der Waals surface area (Å²) in [5.41, 5.74) is 2.79. The smallest absolute Gasteiger partial charge is 0.193 e. The molecule has 0 bridgehead atoms. The number of benzene rings is 6. The highest BCUT2D eigenvalue weighted by Crippen LogP contribution is 2.34. The van der Waals surface area contributed by atoms with Crippen LogP contribution in [0.5, 0.6) is 0 Å². The molecule has 0 aliphatic rings. The average Bonchev–Trinajstić information content (AvgIpc) is 3.07. The van der Waals surface area contributed by atoms with Gasteiger partial charge in [-0.1, -0.05) is 95.9 Å². The Morgan fingerprint density at radius 2 is 0.488 bits per heavy atom. The number of hydrogen-bond donors (Lipinski definition) is 0. The molecule has 0 N–H and O–H groups in total. The molecule has 208 valence electrons. The summed E-state index contributed by atoms with van der Waals surface area (Å²) < 4.78 is 0. The zero-order chi connectivity index (χ0) is 29.4. The first kappa shape index (κ1) is 28.8. The van der Waals surface area contributed by atoms with E-state index >= 15 is 0 Å². The molecule has 43 heavy (non-hydrogen) atoms. The number of carbonyl (C=O) groups is 2. The Hall–Kier alpha value is -4.29. The van der Waals surface area contributed by atoms with Crippen molar-refractivity contribution in [3.05, 3.63) is 180 Å². The monoisotopic (exact) mass is 610 g/mol. The largest absolute Gasteiger partial charge is 0.289 e. The summed E-state index contributed by atoms with van der Waals surface area (Å²) in [6.07, 6.45) is 0. The van der Waals surface area contributed by atoms with Gasteiger partial charge in [0.2, 0.25) is 0 Å². The SMILES string of the molecule is O=C(c1ccccc1)c1ccc(Sc2ccc(Sc3ccc(Sc4ccc(C(=O)c5ccccc5)cc4)cc3)cc2)cc1. The molecule has 0 spiro atoms.